The van der Waals surface area contributed by atoms with Crippen LogP contribution in [0.3, 0.4) is 0 Å². The quantitative estimate of drug-likeness (QED) is 0.276. The first-order valence-corrected chi connectivity index (χ1v) is 11.1. The Morgan fingerprint density at radius 1 is 0.433 bits per heavy atom. The van der Waals surface area contributed by atoms with Gasteiger partial charge in [-0.2, -0.15) is 0 Å². The van der Waals surface area contributed by atoms with Crippen LogP contribution in [0.2, 0.25) is 0 Å². The minimum atomic E-state index is 0.462. The van der Waals surface area contributed by atoms with Crippen molar-refractivity contribution in [2.75, 3.05) is 0 Å². The van der Waals surface area contributed by atoms with Crippen LogP contribution in [0.4, 0.5) is 0 Å². The van der Waals surface area contributed by atoms with Gasteiger partial charge in [-0.1, -0.05) is 115 Å². The Balaban J connectivity index is 1.42. The lowest BCUT2D eigenvalue weighted by molar-refractivity contribution is 0.658. The van der Waals surface area contributed by atoms with E-state index < -0.39 is 0 Å². The Hall–Kier alpha value is -3.12. The van der Waals surface area contributed by atoms with E-state index in [0.29, 0.717) is 5.92 Å². The third-order valence-corrected chi connectivity index (χ3v) is 5.99. The molecule has 0 atom stereocenters. The van der Waals surface area contributed by atoms with E-state index in [4.69, 9.17) is 0 Å². The Labute approximate surface area is 181 Å². The summed E-state index contributed by atoms with van der Waals surface area (Å²) in [7, 11) is 0. The Kier molecular flexibility index (Phi) is 7.12. The predicted molar refractivity (Wildman–Crippen MR) is 128 cm³/mol. The molecule has 0 spiro atoms. The molecule has 0 bridgehead atoms. The SMILES string of the molecule is c1ccc(CCc2ccccc2CCCC(c2ccccc2)c2ccccc2)cc1. The molecular formula is C30H30. The maximum Gasteiger partial charge on any atom is 0.00894 e. The van der Waals surface area contributed by atoms with Crippen molar-refractivity contribution in [1.82, 2.24) is 0 Å². The molecule has 4 aromatic carbocycles. The zero-order valence-corrected chi connectivity index (χ0v) is 17.6. The van der Waals surface area contributed by atoms with Crippen molar-refractivity contribution in [3.05, 3.63) is 143 Å². The fraction of sp³-hybridized carbons (Fsp3) is 0.200. The largest absolute Gasteiger partial charge is 0.0622 e. The van der Waals surface area contributed by atoms with Gasteiger partial charge in [0.25, 0.3) is 0 Å². The molecule has 0 radical (unpaired) electrons. The average molecular weight is 391 g/mol. The summed E-state index contributed by atoms with van der Waals surface area (Å²) in [4.78, 5) is 0. The summed E-state index contributed by atoms with van der Waals surface area (Å²) in [6, 6.07) is 41.7. The lowest BCUT2D eigenvalue weighted by atomic mass is 9.86. The molecule has 4 aromatic rings. The molecule has 0 heterocycles. The van der Waals surface area contributed by atoms with Crippen molar-refractivity contribution in [3.8, 4) is 0 Å². The Morgan fingerprint density at radius 3 is 1.47 bits per heavy atom. The topological polar surface area (TPSA) is 0 Å². The van der Waals surface area contributed by atoms with Crippen LogP contribution < -0.4 is 0 Å². The first-order chi connectivity index (χ1) is 14.9. The molecule has 150 valence electrons. The normalized spacial score (nSPS) is 11.0. The van der Waals surface area contributed by atoms with E-state index in [1.807, 2.05) is 0 Å². The first kappa shape index (κ1) is 20.2. The van der Waals surface area contributed by atoms with Crippen molar-refractivity contribution >= 4 is 0 Å². The zero-order valence-electron chi connectivity index (χ0n) is 17.6. The minimum Gasteiger partial charge on any atom is -0.0622 e. The van der Waals surface area contributed by atoms with Crippen LogP contribution in [-0.4, -0.2) is 0 Å². The van der Waals surface area contributed by atoms with Gasteiger partial charge in [0.1, 0.15) is 0 Å². The highest BCUT2D eigenvalue weighted by molar-refractivity contribution is 5.33. The summed E-state index contributed by atoms with van der Waals surface area (Å²) in [5.74, 6) is 0.462. The third-order valence-electron chi connectivity index (χ3n) is 5.99. The molecule has 0 saturated heterocycles. The van der Waals surface area contributed by atoms with Gasteiger partial charge in [0, 0.05) is 5.92 Å². The second-order valence-corrected chi connectivity index (χ2v) is 8.02. The van der Waals surface area contributed by atoms with Crippen molar-refractivity contribution in [1.29, 1.82) is 0 Å². The molecule has 0 aliphatic carbocycles. The number of hydrogen-bond acceptors (Lipinski definition) is 0. The van der Waals surface area contributed by atoms with E-state index in [1.165, 1.54) is 40.7 Å². The van der Waals surface area contributed by atoms with E-state index in [1.54, 1.807) is 0 Å². The van der Waals surface area contributed by atoms with Gasteiger partial charge in [-0.15, -0.1) is 0 Å². The fourth-order valence-electron chi connectivity index (χ4n) is 4.36. The second kappa shape index (κ2) is 10.6. The molecule has 0 aliphatic heterocycles. The van der Waals surface area contributed by atoms with Crippen molar-refractivity contribution in [3.63, 3.8) is 0 Å². The third kappa shape index (κ3) is 5.48. The highest BCUT2D eigenvalue weighted by atomic mass is 14.2. The van der Waals surface area contributed by atoms with Crippen molar-refractivity contribution < 1.29 is 0 Å². The molecule has 0 amide bonds. The van der Waals surface area contributed by atoms with Crippen molar-refractivity contribution in [2.24, 2.45) is 0 Å². The predicted octanol–water partition coefficient (Wildman–Crippen LogP) is 7.63. The van der Waals surface area contributed by atoms with Gasteiger partial charge < -0.3 is 0 Å². The monoisotopic (exact) mass is 390 g/mol. The molecule has 0 fully saturated rings. The Morgan fingerprint density at radius 2 is 0.900 bits per heavy atom. The molecule has 0 unspecified atom stereocenters. The molecule has 0 aromatic heterocycles. The molecular weight excluding hydrogens is 360 g/mol. The highest BCUT2D eigenvalue weighted by Gasteiger charge is 2.14. The van der Waals surface area contributed by atoms with Gasteiger partial charge in [0.05, 0.1) is 0 Å². The van der Waals surface area contributed by atoms with Crippen LogP contribution in [0.25, 0.3) is 0 Å². The summed E-state index contributed by atoms with van der Waals surface area (Å²) in [6.45, 7) is 0. The van der Waals surface area contributed by atoms with Crippen LogP contribution in [0.15, 0.2) is 115 Å². The second-order valence-electron chi connectivity index (χ2n) is 8.02. The molecule has 0 saturated carbocycles. The van der Waals surface area contributed by atoms with Gasteiger partial charge in [0.2, 0.25) is 0 Å². The lowest BCUT2D eigenvalue weighted by Crippen LogP contribution is -2.03. The molecule has 30 heavy (non-hydrogen) atoms. The summed E-state index contributed by atoms with van der Waals surface area (Å²) < 4.78 is 0. The molecule has 0 aliphatic rings. The van der Waals surface area contributed by atoms with Gasteiger partial charge in [-0.25, -0.2) is 0 Å². The maximum absolute atomic E-state index is 2.32. The van der Waals surface area contributed by atoms with Crippen molar-refractivity contribution in [2.45, 2.75) is 38.0 Å². The van der Waals surface area contributed by atoms with Gasteiger partial charge >= 0.3 is 0 Å². The summed E-state index contributed by atoms with van der Waals surface area (Å²) in [6.07, 6.45) is 5.72. The van der Waals surface area contributed by atoms with Crippen LogP contribution >= 0.6 is 0 Å². The van der Waals surface area contributed by atoms with Gasteiger partial charge in [-0.3, -0.25) is 0 Å². The zero-order chi connectivity index (χ0) is 20.4. The lowest BCUT2D eigenvalue weighted by Gasteiger charge is -2.18. The highest BCUT2D eigenvalue weighted by Crippen LogP contribution is 2.30. The average Bonchev–Trinajstić information content (AvgIpc) is 2.83. The number of rotatable bonds is 9. The van der Waals surface area contributed by atoms with E-state index >= 15 is 0 Å². The smallest absolute Gasteiger partial charge is 0.00894 e. The molecule has 0 nitrogen and oxygen atoms in total. The van der Waals surface area contributed by atoms with Crippen LogP contribution in [0, 0.1) is 0 Å². The standard InChI is InChI=1S/C30H30/c1-4-13-25(14-5-1)23-24-27-16-11-10-15-26(27)21-12-22-30(28-17-6-2-7-18-28)29-19-8-3-9-20-29/h1-11,13-20,30H,12,21-24H2. The molecule has 0 N–H and O–H groups in total. The number of hydrogen-bond donors (Lipinski definition) is 0. The molecule has 4 rings (SSSR count). The number of benzene rings is 4. The number of aryl methyl sites for hydroxylation is 3. The van der Waals surface area contributed by atoms with E-state index in [9.17, 15) is 0 Å². The fourth-order valence-corrected chi connectivity index (χ4v) is 4.36. The first-order valence-electron chi connectivity index (χ1n) is 11.1. The minimum absolute atomic E-state index is 0.462. The maximum atomic E-state index is 2.32. The van der Waals surface area contributed by atoms with Crippen LogP contribution in [0.5, 0.6) is 0 Å². The van der Waals surface area contributed by atoms with Gasteiger partial charge in [-0.05, 0) is 59.9 Å². The summed E-state index contributed by atoms with van der Waals surface area (Å²) >= 11 is 0. The van der Waals surface area contributed by atoms with E-state index in [-0.39, 0.29) is 0 Å². The van der Waals surface area contributed by atoms with Crippen LogP contribution in [0.1, 0.15) is 46.6 Å². The summed E-state index contributed by atoms with van der Waals surface area (Å²) in [5, 5.41) is 0. The van der Waals surface area contributed by atoms with E-state index in [0.717, 1.165) is 19.3 Å². The molecule has 0 heteroatoms. The van der Waals surface area contributed by atoms with E-state index in [2.05, 4.69) is 115 Å². The summed E-state index contributed by atoms with van der Waals surface area (Å²) in [5.41, 5.74) is 7.26. The Bertz CT molecular complexity index is 964. The van der Waals surface area contributed by atoms with Crippen LogP contribution in [-0.2, 0) is 19.3 Å². The van der Waals surface area contributed by atoms with Gasteiger partial charge in [0.15, 0.2) is 0 Å².